The number of anilines is 2. The van der Waals surface area contributed by atoms with Crippen molar-refractivity contribution >= 4 is 84.4 Å². The number of aromatic hydroxyl groups is 1. The van der Waals surface area contributed by atoms with Gasteiger partial charge in [-0.1, -0.05) is 41.4 Å². The Labute approximate surface area is 334 Å². The number of amides is 4. The lowest BCUT2D eigenvalue weighted by molar-refractivity contribution is -0.138. The van der Waals surface area contributed by atoms with Crippen molar-refractivity contribution in [2.75, 3.05) is 17.4 Å². The summed E-state index contributed by atoms with van der Waals surface area (Å²) in [6.45, 7) is 0. The van der Waals surface area contributed by atoms with Gasteiger partial charge < -0.3 is 14.9 Å². The number of carboxylic acids is 1. The van der Waals surface area contributed by atoms with Crippen molar-refractivity contribution in [1.82, 2.24) is 5.01 Å². The molecule has 2 saturated heterocycles. The molecule has 0 spiro atoms. The number of hydrogen-bond acceptors (Lipinski definition) is 8. The van der Waals surface area contributed by atoms with E-state index in [1.165, 1.54) is 55.6 Å². The van der Waals surface area contributed by atoms with Crippen LogP contribution < -0.4 is 15.1 Å². The monoisotopic (exact) mass is 891 g/mol. The number of imide groups is 2. The first-order valence-corrected chi connectivity index (χ1v) is 19.1. The number of hydrazine groups is 1. The number of rotatable bonds is 7. The fourth-order valence-electron chi connectivity index (χ4n) is 9.01. The average Bonchev–Trinajstić information content (AvgIpc) is 3.56. The minimum absolute atomic E-state index is 0.0195. The van der Waals surface area contributed by atoms with Crippen LogP contribution in [0.4, 0.5) is 15.8 Å². The van der Waals surface area contributed by atoms with E-state index < -0.39 is 70.4 Å². The number of aromatic carboxylic acids is 1. The molecule has 4 aromatic carbocycles. The van der Waals surface area contributed by atoms with Crippen LogP contribution in [0.25, 0.3) is 0 Å². The Morgan fingerprint density at radius 1 is 0.945 bits per heavy atom. The van der Waals surface area contributed by atoms with Crippen molar-refractivity contribution < 1.29 is 43.3 Å². The zero-order valence-corrected chi connectivity index (χ0v) is 32.6. The summed E-state index contributed by atoms with van der Waals surface area (Å²) in [6.07, 6.45) is 1.95. The highest BCUT2D eigenvalue weighted by Gasteiger charge is 2.70. The molecule has 11 nitrogen and oxygen atoms in total. The minimum Gasteiger partial charge on any atom is -0.503 e. The van der Waals surface area contributed by atoms with Crippen molar-refractivity contribution in [3.05, 3.63) is 127 Å². The van der Waals surface area contributed by atoms with E-state index in [0.29, 0.717) is 26.2 Å². The molecule has 2 aliphatic carbocycles. The number of phenols is 1. The lowest BCUT2D eigenvalue weighted by Gasteiger charge is -2.51. The fourth-order valence-corrected chi connectivity index (χ4v) is 10.1. The number of nitrogens with zero attached hydrogens (tertiary/aromatic N) is 2. The van der Waals surface area contributed by atoms with Gasteiger partial charge >= 0.3 is 5.97 Å². The molecule has 0 bridgehead atoms. The summed E-state index contributed by atoms with van der Waals surface area (Å²) in [7, 11) is 1.38. The van der Waals surface area contributed by atoms with Gasteiger partial charge in [-0.2, -0.15) is 5.01 Å². The molecular weight excluding hydrogens is 865 g/mol. The highest BCUT2D eigenvalue weighted by atomic mass is 79.9. The molecule has 0 radical (unpaired) electrons. The second kappa shape index (κ2) is 13.6. The first-order valence-electron chi connectivity index (χ1n) is 17.1. The van der Waals surface area contributed by atoms with Gasteiger partial charge in [-0.05, 0) is 122 Å². The first-order chi connectivity index (χ1) is 26.3. The van der Waals surface area contributed by atoms with Gasteiger partial charge in [0.05, 0.1) is 51.7 Å². The summed E-state index contributed by atoms with van der Waals surface area (Å²) in [6, 6.07) is 19.0. The molecule has 4 aromatic rings. The van der Waals surface area contributed by atoms with Crippen LogP contribution in [0.3, 0.4) is 0 Å². The van der Waals surface area contributed by atoms with Crippen LogP contribution in [-0.4, -0.2) is 51.9 Å². The highest BCUT2D eigenvalue weighted by Crippen LogP contribution is 2.65. The van der Waals surface area contributed by atoms with Crippen LogP contribution in [0.15, 0.2) is 99.5 Å². The lowest BCUT2D eigenvalue weighted by atomic mass is 9.49. The van der Waals surface area contributed by atoms with E-state index in [0.717, 1.165) is 9.91 Å². The lowest BCUT2D eigenvalue weighted by Crippen LogP contribution is -2.53. The van der Waals surface area contributed by atoms with E-state index in [1.807, 2.05) is 6.08 Å². The van der Waals surface area contributed by atoms with Gasteiger partial charge in [0.15, 0.2) is 11.5 Å². The molecule has 280 valence electrons. The van der Waals surface area contributed by atoms with Crippen LogP contribution in [0, 0.1) is 29.5 Å². The van der Waals surface area contributed by atoms with Crippen LogP contribution in [-0.2, 0) is 24.6 Å². The molecule has 4 aliphatic rings. The maximum atomic E-state index is 15.4. The Morgan fingerprint density at radius 2 is 1.65 bits per heavy atom. The number of allylic oxidation sites excluding steroid dienone is 2. The van der Waals surface area contributed by atoms with Crippen molar-refractivity contribution in [1.29, 1.82) is 0 Å². The molecule has 55 heavy (non-hydrogen) atoms. The molecule has 4 amide bonds. The Morgan fingerprint density at radius 3 is 2.33 bits per heavy atom. The summed E-state index contributed by atoms with van der Waals surface area (Å²) in [5.41, 5.74) is 3.03. The molecule has 2 aliphatic heterocycles. The number of phenolic OH excluding ortho intramolecular Hbond substituents is 1. The summed E-state index contributed by atoms with van der Waals surface area (Å²) >= 11 is 13.5. The molecule has 6 atom stereocenters. The number of hydrogen-bond donors (Lipinski definition) is 3. The highest BCUT2D eigenvalue weighted by molar-refractivity contribution is 9.13. The van der Waals surface area contributed by atoms with Crippen LogP contribution >= 0.6 is 43.5 Å². The Hall–Kier alpha value is -5.05. The third-order valence-corrected chi connectivity index (χ3v) is 13.7. The van der Waals surface area contributed by atoms with E-state index in [9.17, 15) is 33.8 Å². The van der Waals surface area contributed by atoms with Gasteiger partial charge in [-0.3, -0.25) is 29.5 Å². The molecule has 3 N–H and O–H groups in total. The molecule has 2 heterocycles. The van der Waals surface area contributed by atoms with E-state index in [1.54, 1.807) is 30.3 Å². The molecule has 15 heteroatoms. The number of halogens is 4. The normalized spacial score (nSPS) is 25.7. The third kappa shape index (κ3) is 5.51. The van der Waals surface area contributed by atoms with Gasteiger partial charge in [0.2, 0.25) is 11.8 Å². The second-order valence-corrected chi connectivity index (χ2v) is 15.9. The van der Waals surface area contributed by atoms with Gasteiger partial charge in [0, 0.05) is 15.4 Å². The largest absolute Gasteiger partial charge is 0.503 e. The number of benzene rings is 4. The number of fused-ring (bicyclic) bond motifs is 4. The SMILES string of the molecule is COc1cc(C2C3=CCC4C(=O)N(c5cccc(C(=O)O)c5)C(=O)C4C3CC3C(=O)N(Nc4ccc(F)cc4)C(=O)C32c2ccc(Cl)cc2)c(Br)c(Br)c1O. The number of nitrogens with one attached hydrogen (secondary N) is 1. The van der Waals surface area contributed by atoms with E-state index in [4.69, 9.17) is 16.3 Å². The predicted octanol–water partition coefficient (Wildman–Crippen LogP) is 7.61. The number of methoxy groups -OCH3 is 1. The van der Waals surface area contributed by atoms with Gasteiger partial charge in [0.25, 0.3) is 11.8 Å². The van der Waals surface area contributed by atoms with E-state index >= 15 is 4.79 Å². The maximum Gasteiger partial charge on any atom is 0.335 e. The number of ether oxygens (including phenoxy) is 1. The van der Waals surface area contributed by atoms with Crippen molar-refractivity contribution in [2.45, 2.75) is 24.2 Å². The van der Waals surface area contributed by atoms with Crippen molar-refractivity contribution in [3.63, 3.8) is 0 Å². The summed E-state index contributed by atoms with van der Waals surface area (Å²) in [5, 5.41) is 22.0. The van der Waals surface area contributed by atoms with Gasteiger partial charge in [-0.25, -0.2) is 9.18 Å². The zero-order chi connectivity index (χ0) is 39.1. The smallest absolute Gasteiger partial charge is 0.335 e. The zero-order valence-electron chi connectivity index (χ0n) is 28.6. The standard InChI is InChI=1S/C40H29Br2ClFN3O8/c1-55-29-17-27(32(41)33(42)34(29)48)31-24-13-14-25-30(37(51)46(35(25)49)23-4-2-3-18(15-23)38(52)53)26(24)16-28-36(50)47(45-22-11-9-21(44)10-12-22)39(54)40(28,31)19-5-7-20(43)8-6-19/h2-13,15,17,25-26,28,30-31,45,48H,14,16H2,1H3,(H,52,53). The minimum atomic E-state index is -1.69. The molecule has 0 aromatic heterocycles. The third-order valence-electron chi connectivity index (χ3n) is 11.3. The van der Waals surface area contributed by atoms with Crippen molar-refractivity contribution in [3.8, 4) is 11.5 Å². The van der Waals surface area contributed by atoms with Crippen LogP contribution in [0.2, 0.25) is 5.02 Å². The van der Waals surface area contributed by atoms with Gasteiger partial charge in [-0.15, -0.1) is 0 Å². The molecular formula is C40H29Br2ClFN3O8. The Kier molecular flexibility index (Phi) is 9.13. The van der Waals surface area contributed by atoms with E-state index in [-0.39, 0.29) is 45.8 Å². The van der Waals surface area contributed by atoms with Crippen LogP contribution in [0.1, 0.15) is 40.2 Å². The number of carboxylic acid groups (broad SMARTS) is 1. The quantitative estimate of drug-likeness (QED) is 0.126. The fraction of sp³-hybridized carbons (Fsp3) is 0.225. The molecule has 6 unspecified atom stereocenters. The second-order valence-electron chi connectivity index (χ2n) is 13.9. The summed E-state index contributed by atoms with van der Waals surface area (Å²) in [4.78, 5) is 71.8. The Bertz CT molecular complexity index is 2370. The predicted molar refractivity (Wildman–Crippen MR) is 205 cm³/mol. The molecule has 8 rings (SSSR count). The van der Waals surface area contributed by atoms with Crippen LogP contribution in [0.5, 0.6) is 11.5 Å². The topological polar surface area (TPSA) is 154 Å². The summed E-state index contributed by atoms with van der Waals surface area (Å²) < 4.78 is 20.1. The number of carbonyl (C=O) groups excluding carboxylic acids is 4. The molecule has 1 saturated carbocycles. The number of carbonyl (C=O) groups is 5. The van der Waals surface area contributed by atoms with Crippen molar-refractivity contribution in [2.24, 2.45) is 23.7 Å². The van der Waals surface area contributed by atoms with Gasteiger partial charge in [0.1, 0.15) is 5.82 Å². The summed E-state index contributed by atoms with van der Waals surface area (Å²) in [5.74, 6) is -8.84. The first kappa shape index (κ1) is 36.9. The maximum absolute atomic E-state index is 15.4. The van der Waals surface area contributed by atoms with E-state index in [2.05, 4.69) is 37.3 Å². The average molecular weight is 894 g/mol. The Balaban J connectivity index is 1.36. The molecule has 3 fully saturated rings.